The van der Waals surface area contributed by atoms with Crippen LogP contribution in [0.15, 0.2) is 77.6 Å². The summed E-state index contributed by atoms with van der Waals surface area (Å²) in [6.45, 7) is 5.01. The number of aromatic nitrogens is 6. The molecule has 4 heterocycles. The lowest BCUT2D eigenvalue weighted by Gasteiger charge is -2.31. The van der Waals surface area contributed by atoms with Crippen molar-refractivity contribution >= 4 is 33.5 Å². The van der Waals surface area contributed by atoms with Crippen molar-refractivity contribution in [3.63, 3.8) is 0 Å². The molecular formula is C31H31N9O2. The van der Waals surface area contributed by atoms with Crippen molar-refractivity contribution in [3.05, 3.63) is 90.3 Å². The minimum absolute atomic E-state index is 0.597. The number of rotatable bonds is 8. The van der Waals surface area contributed by atoms with Crippen LogP contribution >= 0.6 is 0 Å². The van der Waals surface area contributed by atoms with Gasteiger partial charge in [0.15, 0.2) is 11.5 Å². The maximum atomic E-state index is 6.09. The Morgan fingerprint density at radius 1 is 0.929 bits per heavy atom. The highest BCUT2D eigenvalue weighted by Crippen LogP contribution is 2.28. The fraction of sp³-hybridized carbons (Fsp3) is 0.258. The molecule has 0 spiro atoms. The van der Waals surface area contributed by atoms with Gasteiger partial charge in [-0.2, -0.15) is 0 Å². The SMILES string of the molecule is COc1ccc(Cc2nc3ccc(Nc4ncnc5ccc(-n6cc(CN7CCN(C)CC7)nn6)cc45)cc3o2)cc1. The van der Waals surface area contributed by atoms with Crippen molar-refractivity contribution in [3.8, 4) is 11.4 Å². The van der Waals surface area contributed by atoms with Crippen LogP contribution in [0.3, 0.4) is 0 Å². The maximum Gasteiger partial charge on any atom is 0.199 e. The zero-order chi connectivity index (χ0) is 28.5. The van der Waals surface area contributed by atoms with Gasteiger partial charge in [0.2, 0.25) is 0 Å². The molecule has 1 fully saturated rings. The second kappa shape index (κ2) is 11.2. The van der Waals surface area contributed by atoms with E-state index < -0.39 is 0 Å². The summed E-state index contributed by atoms with van der Waals surface area (Å²) in [6, 6.07) is 19.8. The van der Waals surface area contributed by atoms with Gasteiger partial charge >= 0.3 is 0 Å². The van der Waals surface area contributed by atoms with Crippen LogP contribution in [0.2, 0.25) is 0 Å². The molecule has 0 atom stereocenters. The van der Waals surface area contributed by atoms with E-state index in [4.69, 9.17) is 9.15 Å². The summed E-state index contributed by atoms with van der Waals surface area (Å²) >= 11 is 0. The van der Waals surface area contributed by atoms with Crippen LogP contribution in [0.4, 0.5) is 11.5 Å². The van der Waals surface area contributed by atoms with Gasteiger partial charge < -0.3 is 19.4 Å². The Morgan fingerprint density at radius 2 is 1.76 bits per heavy atom. The predicted molar refractivity (Wildman–Crippen MR) is 160 cm³/mol. The van der Waals surface area contributed by atoms with Gasteiger partial charge in [0, 0.05) is 56.3 Å². The lowest BCUT2D eigenvalue weighted by molar-refractivity contribution is 0.147. The number of anilines is 2. The Bertz CT molecular complexity index is 1840. The molecule has 0 aliphatic carbocycles. The molecule has 6 aromatic rings. The Balaban J connectivity index is 1.10. The maximum absolute atomic E-state index is 6.09. The van der Waals surface area contributed by atoms with Gasteiger partial charge in [-0.25, -0.2) is 19.6 Å². The van der Waals surface area contributed by atoms with Crippen molar-refractivity contribution in [2.45, 2.75) is 13.0 Å². The highest BCUT2D eigenvalue weighted by Gasteiger charge is 2.16. The molecular weight excluding hydrogens is 530 g/mol. The number of piperazine rings is 1. The number of methoxy groups -OCH3 is 1. The standard InChI is InChI=1S/C31H31N9O2/c1-38-11-13-39(14-12-38)18-23-19-40(37-36-23)24-6-10-27-26(17-24)31(33-20-32-27)34-22-5-9-28-29(16-22)42-30(35-28)15-21-3-7-25(41-2)8-4-21/h3-10,16-17,19-20H,11-15,18H2,1-2H3,(H,32,33,34). The fourth-order valence-electron chi connectivity index (χ4n) is 5.20. The van der Waals surface area contributed by atoms with E-state index in [9.17, 15) is 0 Å². The summed E-state index contributed by atoms with van der Waals surface area (Å²) in [5.41, 5.74) is 6.13. The molecule has 0 amide bonds. The largest absolute Gasteiger partial charge is 0.497 e. The van der Waals surface area contributed by atoms with E-state index in [-0.39, 0.29) is 0 Å². The number of oxazole rings is 1. The average molecular weight is 562 g/mol. The van der Waals surface area contributed by atoms with Crippen LogP contribution in [0.5, 0.6) is 5.75 Å². The summed E-state index contributed by atoms with van der Waals surface area (Å²) < 4.78 is 13.2. The minimum atomic E-state index is 0.597. The summed E-state index contributed by atoms with van der Waals surface area (Å²) in [7, 11) is 3.82. The second-order valence-electron chi connectivity index (χ2n) is 10.6. The number of hydrogen-bond donors (Lipinski definition) is 1. The molecule has 11 nitrogen and oxygen atoms in total. The lowest BCUT2D eigenvalue weighted by Crippen LogP contribution is -2.43. The van der Waals surface area contributed by atoms with E-state index in [0.29, 0.717) is 23.7 Å². The quantitative estimate of drug-likeness (QED) is 0.286. The topological polar surface area (TPSA) is 110 Å². The molecule has 3 aromatic carbocycles. The fourth-order valence-corrected chi connectivity index (χ4v) is 5.20. The molecule has 1 aliphatic rings. The zero-order valence-electron chi connectivity index (χ0n) is 23.6. The van der Waals surface area contributed by atoms with Gasteiger partial charge in [-0.3, -0.25) is 4.90 Å². The van der Waals surface area contributed by atoms with Crippen molar-refractivity contribution in [2.24, 2.45) is 0 Å². The van der Waals surface area contributed by atoms with Gasteiger partial charge in [0.05, 0.1) is 30.2 Å². The molecule has 212 valence electrons. The van der Waals surface area contributed by atoms with E-state index in [1.165, 1.54) is 0 Å². The first-order valence-corrected chi connectivity index (χ1v) is 14.0. The summed E-state index contributed by atoms with van der Waals surface area (Å²) in [5, 5.41) is 13.2. The van der Waals surface area contributed by atoms with Gasteiger partial charge in [-0.05, 0) is 55.1 Å². The highest BCUT2D eigenvalue weighted by molar-refractivity contribution is 5.92. The Labute approximate surface area is 242 Å². The van der Waals surface area contributed by atoms with Gasteiger partial charge in [-0.1, -0.05) is 17.3 Å². The average Bonchev–Trinajstić information content (AvgIpc) is 3.65. The van der Waals surface area contributed by atoms with Crippen LogP contribution in [0, 0.1) is 0 Å². The number of nitrogens with one attached hydrogen (secondary N) is 1. The molecule has 0 bridgehead atoms. The summed E-state index contributed by atoms with van der Waals surface area (Å²) in [6.07, 6.45) is 4.16. The van der Waals surface area contributed by atoms with Crippen LogP contribution in [0.1, 0.15) is 17.1 Å². The summed E-state index contributed by atoms with van der Waals surface area (Å²) in [4.78, 5) is 18.4. The molecule has 42 heavy (non-hydrogen) atoms. The Morgan fingerprint density at radius 3 is 2.60 bits per heavy atom. The van der Waals surface area contributed by atoms with Crippen molar-refractivity contribution in [2.75, 3.05) is 45.7 Å². The first kappa shape index (κ1) is 26.1. The molecule has 0 saturated carbocycles. The number of hydrogen-bond acceptors (Lipinski definition) is 10. The van der Waals surface area contributed by atoms with Crippen LogP contribution in [0.25, 0.3) is 27.7 Å². The number of ether oxygens (including phenoxy) is 1. The predicted octanol–water partition coefficient (Wildman–Crippen LogP) is 4.44. The molecule has 0 radical (unpaired) electrons. The van der Waals surface area contributed by atoms with E-state index in [0.717, 1.165) is 77.5 Å². The first-order chi connectivity index (χ1) is 20.6. The monoisotopic (exact) mass is 561 g/mol. The molecule has 0 unspecified atom stereocenters. The van der Waals surface area contributed by atoms with Gasteiger partial charge in [0.1, 0.15) is 23.4 Å². The first-order valence-electron chi connectivity index (χ1n) is 14.0. The van der Waals surface area contributed by atoms with Crippen LogP contribution in [-0.2, 0) is 13.0 Å². The van der Waals surface area contributed by atoms with Gasteiger partial charge in [0.25, 0.3) is 0 Å². The number of likely N-dealkylation sites (N-methyl/N-ethyl adjacent to an activating group) is 1. The second-order valence-corrected chi connectivity index (χ2v) is 10.6. The minimum Gasteiger partial charge on any atom is -0.497 e. The van der Waals surface area contributed by atoms with Crippen molar-refractivity contribution in [1.82, 2.24) is 39.7 Å². The van der Waals surface area contributed by atoms with E-state index >= 15 is 0 Å². The third-order valence-corrected chi connectivity index (χ3v) is 7.62. The molecule has 1 N–H and O–H groups in total. The highest BCUT2D eigenvalue weighted by atomic mass is 16.5. The van der Waals surface area contributed by atoms with Crippen LogP contribution in [-0.4, -0.2) is 80.1 Å². The number of nitrogens with zero attached hydrogens (tertiary/aromatic N) is 8. The molecule has 3 aromatic heterocycles. The molecule has 11 heteroatoms. The van der Waals surface area contributed by atoms with Crippen molar-refractivity contribution < 1.29 is 9.15 Å². The number of fused-ring (bicyclic) bond motifs is 2. The smallest absolute Gasteiger partial charge is 0.199 e. The van der Waals surface area contributed by atoms with Crippen molar-refractivity contribution in [1.29, 1.82) is 0 Å². The third kappa shape index (κ3) is 5.52. The zero-order valence-corrected chi connectivity index (χ0v) is 23.6. The van der Waals surface area contributed by atoms with Gasteiger partial charge in [-0.15, -0.1) is 5.10 Å². The normalized spacial score (nSPS) is 14.5. The van der Waals surface area contributed by atoms with E-state index in [1.54, 1.807) is 13.4 Å². The number of benzene rings is 3. The molecule has 1 aliphatic heterocycles. The summed E-state index contributed by atoms with van der Waals surface area (Å²) in [5.74, 6) is 2.17. The van der Waals surface area contributed by atoms with E-state index in [1.807, 2.05) is 71.5 Å². The Hall–Kier alpha value is -4.87. The third-order valence-electron chi connectivity index (χ3n) is 7.62. The van der Waals surface area contributed by atoms with E-state index in [2.05, 4.69) is 47.4 Å². The Kier molecular flexibility index (Phi) is 6.94. The molecule has 7 rings (SSSR count). The van der Waals surface area contributed by atoms with Crippen LogP contribution < -0.4 is 10.1 Å². The molecule has 1 saturated heterocycles. The lowest BCUT2D eigenvalue weighted by atomic mass is 10.1.